The number of benzene rings is 1. The van der Waals surface area contributed by atoms with Crippen molar-refractivity contribution in [3.8, 4) is 5.69 Å². The minimum absolute atomic E-state index is 0.0919. The SMILES string of the molecule is CC(C)(C)C(=O)N1CCC(C(=O)OCC(=O)Nc2cc(C3CC3)nn2-c2ccccc2)CC1. The molecule has 2 aliphatic rings. The van der Waals surface area contributed by atoms with Crippen molar-refractivity contribution in [1.82, 2.24) is 14.7 Å². The largest absolute Gasteiger partial charge is 0.455 e. The molecule has 2 fully saturated rings. The van der Waals surface area contributed by atoms with E-state index in [1.54, 1.807) is 9.58 Å². The Labute approximate surface area is 194 Å². The van der Waals surface area contributed by atoms with Crippen molar-refractivity contribution in [2.75, 3.05) is 25.0 Å². The van der Waals surface area contributed by atoms with Gasteiger partial charge in [-0.25, -0.2) is 4.68 Å². The predicted molar refractivity (Wildman–Crippen MR) is 124 cm³/mol. The number of hydrogen-bond donors (Lipinski definition) is 1. The topological polar surface area (TPSA) is 93.5 Å². The monoisotopic (exact) mass is 452 g/mol. The molecule has 0 unspecified atom stereocenters. The molecule has 0 bridgehead atoms. The van der Waals surface area contributed by atoms with Gasteiger partial charge in [-0.15, -0.1) is 0 Å². The number of esters is 1. The predicted octanol–water partition coefficient (Wildman–Crippen LogP) is 3.52. The highest BCUT2D eigenvalue weighted by molar-refractivity contribution is 5.92. The van der Waals surface area contributed by atoms with Crippen molar-refractivity contribution in [2.45, 2.75) is 52.4 Å². The van der Waals surface area contributed by atoms with Gasteiger partial charge in [0.05, 0.1) is 17.3 Å². The number of anilines is 1. The normalized spacial score (nSPS) is 17.0. The summed E-state index contributed by atoms with van der Waals surface area (Å²) in [4.78, 5) is 39.3. The van der Waals surface area contributed by atoms with E-state index in [1.807, 2.05) is 57.2 Å². The second-order valence-corrected chi connectivity index (χ2v) is 9.95. The number of aromatic nitrogens is 2. The number of nitrogens with zero attached hydrogens (tertiary/aromatic N) is 3. The Bertz CT molecular complexity index is 1010. The summed E-state index contributed by atoms with van der Waals surface area (Å²) >= 11 is 0. The molecule has 1 N–H and O–H groups in total. The third kappa shape index (κ3) is 5.61. The molecule has 2 heterocycles. The highest BCUT2D eigenvalue weighted by Crippen LogP contribution is 2.40. The average Bonchev–Trinajstić information content (AvgIpc) is 3.57. The summed E-state index contributed by atoms with van der Waals surface area (Å²) in [5.74, 6) is 0.0245. The van der Waals surface area contributed by atoms with Gasteiger partial charge in [0.1, 0.15) is 5.82 Å². The van der Waals surface area contributed by atoms with Crippen molar-refractivity contribution in [3.63, 3.8) is 0 Å². The highest BCUT2D eigenvalue weighted by atomic mass is 16.5. The molecule has 1 aliphatic heterocycles. The third-order valence-corrected chi connectivity index (χ3v) is 6.09. The first-order valence-corrected chi connectivity index (χ1v) is 11.6. The summed E-state index contributed by atoms with van der Waals surface area (Å²) in [5, 5.41) is 7.51. The van der Waals surface area contributed by atoms with E-state index in [9.17, 15) is 14.4 Å². The molecule has 176 valence electrons. The maximum absolute atomic E-state index is 12.5. The Morgan fingerprint density at radius 1 is 1.06 bits per heavy atom. The molecule has 8 nitrogen and oxygen atoms in total. The first kappa shape index (κ1) is 23.0. The molecular formula is C25H32N4O4. The molecule has 2 amide bonds. The molecular weight excluding hydrogens is 420 g/mol. The van der Waals surface area contributed by atoms with Crippen LogP contribution in [0, 0.1) is 11.3 Å². The number of hydrogen-bond acceptors (Lipinski definition) is 5. The lowest BCUT2D eigenvalue weighted by molar-refractivity contribution is -0.155. The quantitative estimate of drug-likeness (QED) is 0.677. The molecule has 2 aromatic rings. The fourth-order valence-electron chi connectivity index (χ4n) is 4.06. The summed E-state index contributed by atoms with van der Waals surface area (Å²) in [6.07, 6.45) is 3.32. The van der Waals surface area contributed by atoms with Gasteiger partial charge in [0, 0.05) is 30.5 Å². The number of amides is 2. The molecule has 0 atom stereocenters. The Morgan fingerprint density at radius 2 is 1.73 bits per heavy atom. The van der Waals surface area contributed by atoms with E-state index in [2.05, 4.69) is 10.4 Å². The molecule has 1 saturated heterocycles. The van der Waals surface area contributed by atoms with Crippen LogP contribution < -0.4 is 5.32 Å². The first-order valence-electron chi connectivity index (χ1n) is 11.6. The standard InChI is InChI=1S/C25H32N4O4/c1-25(2,3)24(32)28-13-11-18(12-14-28)23(31)33-16-22(30)26-21-15-20(17-9-10-17)27-29(21)19-7-5-4-6-8-19/h4-8,15,17-18H,9-14,16H2,1-3H3,(H,26,30). The van der Waals surface area contributed by atoms with Gasteiger partial charge in [0.2, 0.25) is 5.91 Å². The van der Waals surface area contributed by atoms with Gasteiger partial charge >= 0.3 is 5.97 Å². The number of rotatable bonds is 6. The lowest BCUT2D eigenvalue weighted by atomic mass is 9.91. The second-order valence-electron chi connectivity index (χ2n) is 9.95. The van der Waals surface area contributed by atoms with Crippen LogP contribution in [0.5, 0.6) is 0 Å². The van der Waals surface area contributed by atoms with Crippen LogP contribution in [-0.2, 0) is 19.1 Å². The molecule has 0 radical (unpaired) electrons. The van der Waals surface area contributed by atoms with E-state index in [1.165, 1.54) is 0 Å². The van der Waals surface area contributed by atoms with Crippen LogP contribution in [0.4, 0.5) is 5.82 Å². The van der Waals surface area contributed by atoms with Gasteiger partial charge in [-0.3, -0.25) is 14.4 Å². The number of carbonyl (C=O) groups is 3. The number of ether oxygens (including phenoxy) is 1. The van der Waals surface area contributed by atoms with Crippen LogP contribution in [-0.4, -0.2) is 52.2 Å². The van der Waals surface area contributed by atoms with Crippen LogP contribution in [0.2, 0.25) is 0 Å². The zero-order valence-electron chi connectivity index (χ0n) is 19.5. The third-order valence-electron chi connectivity index (χ3n) is 6.09. The van der Waals surface area contributed by atoms with Crippen LogP contribution in [0.3, 0.4) is 0 Å². The lowest BCUT2D eigenvalue weighted by Gasteiger charge is -2.34. The fraction of sp³-hybridized carbons (Fsp3) is 0.520. The molecule has 4 rings (SSSR count). The van der Waals surface area contributed by atoms with Crippen molar-refractivity contribution in [1.29, 1.82) is 0 Å². The van der Waals surface area contributed by atoms with Crippen LogP contribution >= 0.6 is 0 Å². The molecule has 1 saturated carbocycles. The molecule has 8 heteroatoms. The average molecular weight is 453 g/mol. The summed E-state index contributed by atoms with van der Waals surface area (Å²) in [5.41, 5.74) is 1.38. The molecule has 1 aromatic carbocycles. The van der Waals surface area contributed by atoms with Gasteiger partial charge in [-0.2, -0.15) is 5.10 Å². The van der Waals surface area contributed by atoms with Gasteiger partial charge in [-0.1, -0.05) is 39.0 Å². The summed E-state index contributed by atoms with van der Waals surface area (Å²) in [6.45, 7) is 6.40. The van der Waals surface area contributed by atoms with E-state index in [0.29, 0.717) is 37.7 Å². The minimum atomic E-state index is -0.433. The van der Waals surface area contributed by atoms with Gasteiger partial charge in [0.25, 0.3) is 5.91 Å². The Kier molecular flexibility index (Phi) is 6.54. The molecule has 1 aliphatic carbocycles. The molecule has 0 spiro atoms. The number of carbonyl (C=O) groups excluding carboxylic acids is 3. The van der Waals surface area contributed by atoms with E-state index < -0.39 is 11.3 Å². The van der Waals surface area contributed by atoms with Gasteiger partial charge in [-0.05, 0) is 37.8 Å². The van der Waals surface area contributed by atoms with Crippen LogP contribution in [0.1, 0.15) is 58.1 Å². The Balaban J connectivity index is 1.30. The number of likely N-dealkylation sites (tertiary alicyclic amines) is 1. The van der Waals surface area contributed by atoms with Crippen LogP contribution in [0.15, 0.2) is 36.4 Å². The fourth-order valence-corrected chi connectivity index (χ4v) is 4.06. The van der Waals surface area contributed by atoms with E-state index >= 15 is 0 Å². The van der Waals surface area contributed by atoms with Crippen molar-refractivity contribution in [3.05, 3.63) is 42.1 Å². The minimum Gasteiger partial charge on any atom is -0.455 e. The van der Waals surface area contributed by atoms with Crippen molar-refractivity contribution >= 4 is 23.6 Å². The number of piperidine rings is 1. The Hall–Kier alpha value is -3.16. The smallest absolute Gasteiger partial charge is 0.309 e. The maximum atomic E-state index is 12.5. The highest BCUT2D eigenvalue weighted by Gasteiger charge is 2.33. The first-order chi connectivity index (χ1) is 15.7. The molecule has 33 heavy (non-hydrogen) atoms. The van der Waals surface area contributed by atoms with Crippen molar-refractivity contribution in [2.24, 2.45) is 11.3 Å². The van der Waals surface area contributed by atoms with Gasteiger partial charge in [0.15, 0.2) is 6.61 Å². The summed E-state index contributed by atoms with van der Waals surface area (Å²) in [6, 6.07) is 11.5. The molecule has 1 aromatic heterocycles. The van der Waals surface area contributed by atoms with Crippen LogP contribution in [0.25, 0.3) is 5.69 Å². The maximum Gasteiger partial charge on any atom is 0.309 e. The summed E-state index contributed by atoms with van der Waals surface area (Å²) in [7, 11) is 0. The van der Waals surface area contributed by atoms with E-state index in [4.69, 9.17) is 4.74 Å². The number of nitrogens with one attached hydrogen (secondary N) is 1. The summed E-state index contributed by atoms with van der Waals surface area (Å²) < 4.78 is 7.02. The van der Waals surface area contributed by atoms with Crippen molar-refractivity contribution < 1.29 is 19.1 Å². The zero-order valence-corrected chi connectivity index (χ0v) is 19.5. The number of para-hydroxylation sites is 1. The second kappa shape index (κ2) is 9.37. The van der Waals surface area contributed by atoms with Gasteiger partial charge < -0.3 is 15.0 Å². The van der Waals surface area contributed by atoms with E-state index in [0.717, 1.165) is 24.2 Å². The Morgan fingerprint density at radius 3 is 2.33 bits per heavy atom. The zero-order chi connectivity index (χ0) is 23.6. The van der Waals surface area contributed by atoms with E-state index in [-0.39, 0.29) is 24.4 Å². The lowest BCUT2D eigenvalue weighted by Crippen LogP contribution is -2.45.